The van der Waals surface area contributed by atoms with Crippen LogP contribution < -0.4 is 14.4 Å². The maximum absolute atomic E-state index is 11.5. The highest BCUT2D eigenvalue weighted by atomic mass is 16.5. The molecule has 0 aromatic heterocycles. The summed E-state index contributed by atoms with van der Waals surface area (Å²) < 4.78 is 10.9. The summed E-state index contributed by atoms with van der Waals surface area (Å²) in [7, 11) is 3.33. The minimum absolute atomic E-state index is 0.628. The fraction of sp³-hybridized carbons (Fsp3) is 0.0851. The second-order valence-corrected chi connectivity index (χ2v) is 12.3. The molecule has 0 saturated carbocycles. The predicted molar refractivity (Wildman–Crippen MR) is 212 cm³/mol. The third-order valence-corrected chi connectivity index (χ3v) is 8.82. The van der Waals surface area contributed by atoms with E-state index in [4.69, 9.17) is 9.47 Å². The molecular formula is C47H41NO3. The number of rotatable bonds is 12. The van der Waals surface area contributed by atoms with Crippen LogP contribution in [0.25, 0.3) is 17.2 Å². The number of hydrogen-bond acceptors (Lipinski definition) is 4. The first-order valence-corrected chi connectivity index (χ1v) is 16.9. The zero-order valence-corrected chi connectivity index (χ0v) is 29.4. The Labute approximate surface area is 301 Å². The second kappa shape index (κ2) is 16.3. The van der Waals surface area contributed by atoms with Crippen molar-refractivity contribution in [2.24, 2.45) is 0 Å². The van der Waals surface area contributed by atoms with Crippen molar-refractivity contribution < 1.29 is 14.3 Å². The lowest BCUT2D eigenvalue weighted by atomic mass is 9.96. The maximum Gasteiger partial charge on any atom is 0.150 e. The third-order valence-electron chi connectivity index (χ3n) is 8.82. The Morgan fingerprint density at radius 3 is 1.35 bits per heavy atom. The molecule has 0 spiro atoms. The van der Waals surface area contributed by atoms with Gasteiger partial charge in [0, 0.05) is 28.7 Å². The quantitative estimate of drug-likeness (QED) is 0.0962. The second-order valence-electron chi connectivity index (χ2n) is 12.3. The van der Waals surface area contributed by atoms with Crippen molar-refractivity contribution in [2.75, 3.05) is 19.1 Å². The van der Waals surface area contributed by atoms with Crippen LogP contribution in [0.2, 0.25) is 0 Å². The number of hydrogen-bond donors (Lipinski definition) is 0. The van der Waals surface area contributed by atoms with Crippen LogP contribution in [0.15, 0.2) is 164 Å². The van der Waals surface area contributed by atoms with E-state index in [1.54, 1.807) is 14.2 Å². The van der Waals surface area contributed by atoms with Crippen molar-refractivity contribution in [3.05, 3.63) is 208 Å². The van der Waals surface area contributed by atoms with Gasteiger partial charge >= 0.3 is 0 Å². The number of carbonyl (C=O) groups excluding carboxylic acids is 1. The van der Waals surface area contributed by atoms with E-state index in [-0.39, 0.29) is 0 Å². The summed E-state index contributed by atoms with van der Waals surface area (Å²) in [5.74, 6) is 1.57. The summed E-state index contributed by atoms with van der Waals surface area (Å²) in [6.45, 7) is 4.22. The molecule has 0 N–H and O–H groups in total. The van der Waals surface area contributed by atoms with E-state index in [2.05, 4.69) is 116 Å². The number of ether oxygens (including phenoxy) is 2. The van der Waals surface area contributed by atoms with E-state index in [0.717, 1.165) is 51.4 Å². The van der Waals surface area contributed by atoms with E-state index < -0.39 is 0 Å². The lowest BCUT2D eigenvalue weighted by Crippen LogP contribution is -2.10. The number of anilines is 2. The average Bonchev–Trinajstić information content (AvgIpc) is 3.18. The minimum Gasteiger partial charge on any atom is -0.497 e. The Hall–Kier alpha value is -6.39. The van der Waals surface area contributed by atoms with Gasteiger partial charge in [0.1, 0.15) is 17.8 Å². The van der Waals surface area contributed by atoms with Gasteiger partial charge in [-0.05, 0) is 95.8 Å². The molecule has 4 nitrogen and oxygen atoms in total. The predicted octanol–water partition coefficient (Wildman–Crippen LogP) is 11.5. The van der Waals surface area contributed by atoms with E-state index in [1.807, 2.05) is 72.8 Å². The number of aryl methyl sites for hydroxylation is 2. The number of carbonyl (C=O) groups is 1. The maximum atomic E-state index is 11.5. The van der Waals surface area contributed by atoms with Crippen LogP contribution in [-0.2, 0) is 0 Å². The number of benzene rings is 6. The highest BCUT2D eigenvalue weighted by Crippen LogP contribution is 2.34. The molecule has 0 aliphatic rings. The van der Waals surface area contributed by atoms with Gasteiger partial charge in [0.15, 0.2) is 0 Å². The average molecular weight is 668 g/mol. The van der Waals surface area contributed by atoms with Gasteiger partial charge in [-0.25, -0.2) is 0 Å². The topological polar surface area (TPSA) is 38.8 Å². The van der Waals surface area contributed by atoms with E-state index in [9.17, 15) is 4.79 Å². The molecule has 6 aromatic rings. The SMILES string of the molecule is COc1ccc(C(=CN(c2ccc(C=CC=C(c3ccc(C)cc3)c3ccc(C)cc3)cc2)c2ccc(OC)cc2)c2ccc(C=O)cc2)cc1. The largest absolute Gasteiger partial charge is 0.497 e. The fourth-order valence-electron chi connectivity index (χ4n) is 5.82. The van der Waals surface area contributed by atoms with Gasteiger partial charge in [-0.2, -0.15) is 0 Å². The zero-order chi connectivity index (χ0) is 35.6. The summed E-state index contributed by atoms with van der Waals surface area (Å²) in [6, 6.07) is 49.6. The Balaban J connectivity index is 1.38. The molecule has 0 aliphatic heterocycles. The number of nitrogens with zero attached hydrogens (tertiary/aromatic N) is 1. The molecule has 0 bridgehead atoms. The first-order chi connectivity index (χ1) is 24.9. The Kier molecular flexibility index (Phi) is 11.0. The molecule has 51 heavy (non-hydrogen) atoms. The monoisotopic (exact) mass is 667 g/mol. The molecule has 0 atom stereocenters. The van der Waals surface area contributed by atoms with E-state index >= 15 is 0 Å². The van der Waals surface area contributed by atoms with Crippen LogP contribution in [0.5, 0.6) is 11.5 Å². The van der Waals surface area contributed by atoms with Crippen LogP contribution in [0.4, 0.5) is 11.4 Å². The molecular weight excluding hydrogens is 627 g/mol. The summed E-state index contributed by atoms with van der Waals surface area (Å²) in [6.07, 6.45) is 9.45. The Bertz CT molecular complexity index is 2090. The molecule has 0 fully saturated rings. The van der Waals surface area contributed by atoms with Crippen LogP contribution in [-0.4, -0.2) is 20.5 Å². The van der Waals surface area contributed by atoms with E-state index in [1.165, 1.54) is 27.8 Å². The van der Waals surface area contributed by atoms with Gasteiger partial charge in [-0.15, -0.1) is 0 Å². The standard InChI is InChI=1S/C47H41NO3/c1-34-8-16-38(17-9-34)46(39-18-10-35(2)11-19-39)7-5-6-36-14-24-42(25-15-36)48(43-26-30-45(51-4)31-27-43)32-47(40-20-12-37(33-49)13-21-40)41-22-28-44(50-3)29-23-41/h5-33H,1-4H3. The third kappa shape index (κ3) is 8.62. The van der Waals surface area contributed by atoms with Crippen LogP contribution in [0.1, 0.15) is 49.3 Å². The molecule has 252 valence electrons. The van der Waals surface area contributed by atoms with Gasteiger partial charge in [0.25, 0.3) is 0 Å². The molecule has 0 aliphatic carbocycles. The van der Waals surface area contributed by atoms with Gasteiger partial charge in [-0.3, -0.25) is 4.79 Å². The molecule has 0 amide bonds. The van der Waals surface area contributed by atoms with Crippen molar-refractivity contribution in [2.45, 2.75) is 13.8 Å². The van der Waals surface area contributed by atoms with Crippen molar-refractivity contribution in [3.8, 4) is 11.5 Å². The molecule has 0 heterocycles. The molecule has 0 unspecified atom stereocenters. The molecule has 0 radical (unpaired) electrons. The summed E-state index contributed by atoms with van der Waals surface area (Å²) in [4.78, 5) is 13.6. The highest BCUT2D eigenvalue weighted by molar-refractivity contribution is 5.86. The first-order valence-electron chi connectivity index (χ1n) is 16.9. The number of methoxy groups -OCH3 is 2. The Morgan fingerprint density at radius 1 is 0.490 bits per heavy atom. The molecule has 6 rings (SSSR count). The lowest BCUT2D eigenvalue weighted by Gasteiger charge is -2.24. The van der Waals surface area contributed by atoms with Crippen molar-refractivity contribution in [3.63, 3.8) is 0 Å². The van der Waals surface area contributed by atoms with E-state index in [0.29, 0.717) is 5.56 Å². The normalized spacial score (nSPS) is 11.3. The smallest absolute Gasteiger partial charge is 0.150 e. The first kappa shape index (κ1) is 34.5. The summed E-state index contributed by atoms with van der Waals surface area (Å²) in [5.41, 5.74) is 12.7. The number of allylic oxidation sites excluding steroid dienone is 2. The lowest BCUT2D eigenvalue weighted by molar-refractivity contribution is 0.112. The summed E-state index contributed by atoms with van der Waals surface area (Å²) >= 11 is 0. The van der Waals surface area contributed by atoms with Gasteiger partial charge < -0.3 is 14.4 Å². The van der Waals surface area contributed by atoms with Gasteiger partial charge in [0.05, 0.1) is 14.2 Å². The Morgan fingerprint density at radius 2 is 0.882 bits per heavy atom. The van der Waals surface area contributed by atoms with Gasteiger partial charge in [-0.1, -0.05) is 126 Å². The van der Waals surface area contributed by atoms with Crippen LogP contribution in [0.3, 0.4) is 0 Å². The fourth-order valence-corrected chi connectivity index (χ4v) is 5.82. The zero-order valence-electron chi connectivity index (χ0n) is 29.4. The summed E-state index contributed by atoms with van der Waals surface area (Å²) in [5, 5.41) is 0. The number of aldehydes is 1. The van der Waals surface area contributed by atoms with Crippen molar-refractivity contribution in [1.29, 1.82) is 0 Å². The van der Waals surface area contributed by atoms with Gasteiger partial charge in [0.2, 0.25) is 0 Å². The minimum atomic E-state index is 0.628. The van der Waals surface area contributed by atoms with Crippen molar-refractivity contribution in [1.82, 2.24) is 0 Å². The highest BCUT2D eigenvalue weighted by Gasteiger charge is 2.13. The van der Waals surface area contributed by atoms with Crippen LogP contribution in [0, 0.1) is 13.8 Å². The molecule has 0 saturated heterocycles. The van der Waals surface area contributed by atoms with Crippen LogP contribution >= 0.6 is 0 Å². The molecule has 6 aromatic carbocycles. The van der Waals surface area contributed by atoms with Crippen molar-refractivity contribution >= 4 is 34.9 Å². The molecule has 4 heteroatoms.